The Morgan fingerprint density at radius 2 is 0.833 bits per heavy atom. The summed E-state index contributed by atoms with van der Waals surface area (Å²) in [5.41, 5.74) is 5.57. The van der Waals surface area contributed by atoms with Crippen molar-refractivity contribution in [3.05, 3.63) is 41.8 Å². The zero-order valence-corrected chi connectivity index (χ0v) is 9.15. The SMILES string of the molecule is Cc1cc(C)c(C)cc1C.[CH3-].[Li+]. The summed E-state index contributed by atoms with van der Waals surface area (Å²) >= 11 is 0. The Labute approximate surface area is 88.6 Å². The summed E-state index contributed by atoms with van der Waals surface area (Å²) in [6, 6.07) is 4.48. The summed E-state index contributed by atoms with van der Waals surface area (Å²) in [5.74, 6) is 0. The summed E-state index contributed by atoms with van der Waals surface area (Å²) in [6.45, 7) is 8.62. The maximum atomic E-state index is 2.24. The van der Waals surface area contributed by atoms with E-state index >= 15 is 0 Å². The molecule has 1 heteroatoms. The van der Waals surface area contributed by atoms with Crippen LogP contribution in [0.25, 0.3) is 0 Å². The van der Waals surface area contributed by atoms with Gasteiger partial charge in [-0.15, -0.1) is 0 Å². The topological polar surface area (TPSA) is 0 Å². The van der Waals surface area contributed by atoms with Gasteiger partial charge in [0, 0.05) is 0 Å². The molecule has 0 bridgehead atoms. The molecule has 0 saturated heterocycles. The first kappa shape index (κ1) is 14.3. The Hall–Kier alpha value is -0.183. The van der Waals surface area contributed by atoms with Gasteiger partial charge in [0.1, 0.15) is 0 Å². The van der Waals surface area contributed by atoms with Crippen LogP contribution in [0.4, 0.5) is 0 Å². The van der Waals surface area contributed by atoms with Crippen molar-refractivity contribution in [2.75, 3.05) is 0 Å². The molecular weight excluding hydrogens is 139 g/mol. The van der Waals surface area contributed by atoms with Gasteiger partial charge in [-0.1, -0.05) is 12.1 Å². The molecule has 0 spiro atoms. The molecule has 0 unspecified atom stereocenters. The van der Waals surface area contributed by atoms with Crippen molar-refractivity contribution >= 4 is 0 Å². The second-order valence-corrected chi connectivity index (χ2v) is 3.02. The van der Waals surface area contributed by atoms with E-state index in [2.05, 4.69) is 39.8 Å². The average Bonchev–Trinajstić information content (AvgIpc) is 1.84. The van der Waals surface area contributed by atoms with E-state index < -0.39 is 0 Å². The van der Waals surface area contributed by atoms with Crippen LogP contribution in [0, 0.1) is 35.1 Å². The van der Waals surface area contributed by atoms with Crippen LogP contribution >= 0.6 is 0 Å². The molecule has 62 valence electrons. The van der Waals surface area contributed by atoms with Crippen molar-refractivity contribution < 1.29 is 18.9 Å². The molecule has 1 rings (SSSR count). The van der Waals surface area contributed by atoms with Gasteiger partial charge < -0.3 is 7.43 Å². The van der Waals surface area contributed by atoms with Gasteiger partial charge >= 0.3 is 18.9 Å². The third-order valence-corrected chi connectivity index (χ3v) is 2.11. The summed E-state index contributed by atoms with van der Waals surface area (Å²) < 4.78 is 0. The zero-order chi connectivity index (χ0) is 7.72. The van der Waals surface area contributed by atoms with Crippen LogP contribution in [0.2, 0.25) is 0 Å². The van der Waals surface area contributed by atoms with Crippen molar-refractivity contribution in [1.29, 1.82) is 0 Å². The molecule has 0 N–H and O–H groups in total. The number of rotatable bonds is 0. The molecule has 0 radical (unpaired) electrons. The number of hydrogen-bond donors (Lipinski definition) is 0. The van der Waals surface area contributed by atoms with E-state index in [-0.39, 0.29) is 26.3 Å². The maximum absolute atomic E-state index is 2.24. The Morgan fingerprint density at radius 1 is 0.667 bits per heavy atom. The Morgan fingerprint density at radius 3 is 1.00 bits per heavy atom. The van der Waals surface area contributed by atoms with E-state index in [4.69, 9.17) is 0 Å². The van der Waals surface area contributed by atoms with Gasteiger partial charge in [-0.3, -0.25) is 0 Å². The van der Waals surface area contributed by atoms with Crippen LogP contribution in [-0.4, -0.2) is 0 Å². The fourth-order valence-corrected chi connectivity index (χ4v) is 1.10. The van der Waals surface area contributed by atoms with Gasteiger partial charge in [0.05, 0.1) is 0 Å². The molecular formula is C11H17Li. The first-order valence-corrected chi connectivity index (χ1v) is 3.65. The standard InChI is InChI=1S/C10H14.CH3.Li/c1-7-5-9(3)10(4)6-8(7)2;;/h5-6H,1-4H3;1H3;/q;-1;+1. The van der Waals surface area contributed by atoms with E-state index in [0.717, 1.165) is 0 Å². The molecule has 0 saturated carbocycles. The van der Waals surface area contributed by atoms with Crippen molar-refractivity contribution in [3.63, 3.8) is 0 Å². The zero-order valence-electron chi connectivity index (χ0n) is 9.15. The van der Waals surface area contributed by atoms with E-state index in [1.54, 1.807) is 0 Å². The Kier molecular flexibility index (Phi) is 6.53. The van der Waals surface area contributed by atoms with Crippen molar-refractivity contribution in [1.82, 2.24) is 0 Å². The number of hydrogen-bond acceptors (Lipinski definition) is 0. The number of aryl methyl sites for hydroxylation is 4. The predicted octanol–water partition coefficient (Wildman–Crippen LogP) is 0.375. The second-order valence-electron chi connectivity index (χ2n) is 3.02. The summed E-state index contributed by atoms with van der Waals surface area (Å²) in [5, 5.41) is 0. The fourth-order valence-electron chi connectivity index (χ4n) is 1.10. The van der Waals surface area contributed by atoms with Crippen LogP contribution in [-0.2, 0) is 0 Å². The van der Waals surface area contributed by atoms with Gasteiger partial charge in [0.25, 0.3) is 0 Å². The molecule has 1 aromatic rings. The van der Waals surface area contributed by atoms with Crippen LogP contribution in [0.5, 0.6) is 0 Å². The van der Waals surface area contributed by atoms with Gasteiger partial charge in [-0.05, 0) is 49.9 Å². The van der Waals surface area contributed by atoms with E-state index in [0.29, 0.717) is 0 Å². The summed E-state index contributed by atoms with van der Waals surface area (Å²) in [4.78, 5) is 0. The largest absolute Gasteiger partial charge is 1.00 e. The molecule has 0 heterocycles. The van der Waals surface area contributed by atoms with Crippen molar-refractivity contribution in [3.8, 4) is 0 Å². The molecule has 1 aromatic carbocycles. The smallest absolute Gasteiger partial charge is 0.358 e. The first-order valence-electron chi connectivity index (χ1n) is 3.65. The fraction of sp³-hybridized carbons (Fsp3) is 0.364. The van der Waals surface area contributed by atoms with Crippen LogP contribution < -0.4 is 18.9 Å². The molecule has 0 aliphatic heterocycles. The van der Waals surface area contributed by atoms with Gasteiger partial charge in [-0.2, -0.15) is 0 Å². The van der Waals surface area contributed by atoms with Crippen molar-refractivity contribution in [2.45, 2.75) is 27.7 Å². The minimum atomic E-state index is 0. The van der Waals surface area contributed by atoms with Crippen LogP contribution in [0.3, 0.4) is 0 Å². The third-order valence-electron chi connectivity index (χ3n) is 2.11. The monoisotopic (exact) mass is 156 g/mol. The molecule has 0 aliphatic carbocycles. The van der Waals surface area contributed by atoms with Gasteiger partial charge in [-0.25, -0.2) is 0 Å². The maximum Gasteiger partial charge on any atom is 1.00 e. The minimum absolute atomic E-state index is 0. The Bertz CT molecular complexity index is 201. The van der Waals surface area contributed by atoms with E-state index in [9.17, 15) is 0 Å². The first-order chi connectivity index (χ1) is 4.61. The molecule has 0 nitrogen and oxygen atoms in total. The minimum Gasteiger partial charge on any atom is -0.358 e. The number of benzene rings is 1. The second kappa shape index (κ2) is 5.46. The quantitative estimate of drug-likeness (QED) is 0.376. The molecule has 12 heavy (non-hydrogen) atoms. The van der Waals surface area contributed by atoms with Crippen LogP contribution in [0.1, 0.15) is 22.3 Å². The average molecular weight is 156 g/mol. The molecule has 0 aromatic heterocycles. The van der Waals surface area contributed by atoms with Gasteiger partial charge in [0.15, 0.2) is 0 Å². The van der Waals surface area contributed by atoms with Crippen LogP contribution in [0.15, 0.2) is 12.1 Å². The molecule has 0 aliphatic rings. The van der Waals surface area contributed by atoms with Crippen molar-refractivity contribution in [2.24, 2.45) is 0 Å². The summed E-state index contributed by atoms with van der Waals surface area (Å²) in [7, 11) is 0. The Balaban J connectivity index is 0. The predicted molar refractivity (Wildman–Crippen MR) is 51.8 cm³/mol. The third kappa shape index (κ3) is 3.05. The molecule has 0 fully saturated rings. The van der Waals surface area contributed by atoms with E-state index in [1.807, 2.05) is 0 Å². The summed E-state index contributed by atoms with van der Waals surface area (Å²) in [6.07, 6.45) is 0. The van der Waals surface area contributed by atoms with Gasteiger partial charge in [0.2, 0.25) is 0 Å². The molecule has 0 amide bonds. The van der Waals surface area contributed by atoms with E-state index in [1.165, 1.54) is 22.3 Å². The normalized spacial score (nSPS) is 8.33. The molecule has 0 atom stereocenters.